The average molecular weight is 606 g/mol. The second-order valence-corrected chi connectivity index (χ2v) is 10.3. The summed E-state index contributed by atoms with van der Waals surface area (Å²) in [6.45, 7) is -1.41. The third kappa shape index (κ3) is 5.80. The van der Waals surface area contributed by atoms with Gasteiger partial charge in [0.2, 0.25) is 0 Å². The van der Waals surface area contributed by atoms with E-state index in [-0.39, 0.29) is 28.3 Å². The van der Waals surface area contributed by atoms with E-state index in [1.807, 2.05) is 6.07 Å². The molecule has 1 aliphatic heterocycles. The summed E-state index contributed by atoms with van der Waals surface area (Å²) in [4.78, 5) is 6.48. The van der Waals surface area contributed by atoms with E-state index >= 15 is 0 Å². The molecule has 43 heavy (non-hydrogen) atoms. The zero-order chi connectivity index (χ0) is 30.1. The first-order valence-corrected chi connectivity index (χ1v) is 13.6. The molecule has 0 saturated carbocycles. The summed E-state index contributed by atoms with van der Waals surface area (Å²) in [5.41, 5.74) is 9.69. The van der Waals surface area contributed by atoms with E-state index in [0.717, 1.165) is 12.8 Å². The van der Waals surface area contributed by atoms with E-state index in [1.54, 1.807) is 28.9 Å². The molecular formula is C28H23ClF3N11. The van der Waals surface area contributed by atoms with Crippen LogP contribution in [0.15, 0.2) is 66.2 Å². The van der Waals surface area contributed by atoms with Gasteiger partial charge >= 0.3 is 6.55 Å². The minimum atomic E-state index is -2.76. The molecule has 0 unspecified atom stereocenters. The van der Waals surface area contributed by atoms with Crippen LogP contribution >= 0.6 is 11.6 Å². The Labute approximate surface area is 248 Å². The molecule has 5 heterocycles. The van der Waals surface area contributed by atoms with Crippen molar-refractivity contribution in [3.05, 3.63) is 83.3 Å². The Morgan fingerprint density at radius 2 is 1.88 bits per heavy atom. The number of aliphatic imine (C=N–C) groups is 1. The molecule has 1 fully saturated rings. The fraction of sp³-hybridized carbons (Fsp3) is 0.214. The number of hydrogen-bond acceptors (Lipinski definition) is 8. The van der Waals surface area contributed by atoms with Gasteiger partial charge < -0.3 is 16.0 Å². The number of fused-ring (bicyclic) bond motifs is 1. The van der Waals surface area contributed by atoms with Crippen molar-refractivity contribution in [2.24, 2.45) is 10.7 Å². The SMILES string of the molecule is N#Cc1ccc(N2CCC(Nc3c(C(N)=Nc4cc(F)ccc4Cl)cnn4cc(-c5cnn(C(F)F)c5)cc34)CC2)nn1. The zero-order valence-electron chi connectivity index (χ0n) is 22.4. The lowest BCUT2D eigenvalue weighted by molar-refractivity contribution is 0.0566. The minimum absolute atomic E-state index is 0.0121. The standard InChI is InChI=1S/C28H23ClF3N11/c29-22-3-1-18(30)10-23(22)38-27(34)21-13-36-42-14-16(17-12-35-43(15-17)28(31)32)9-24(42)26(21)37-19-5-7-41(8-6-19)25-4-2-20(11-33)39-40-25/h1-4,9-10,12-15,19,28,37H,5-8H2,(H2,34,38). The van der Waals surface area contributed by atoms with Crippen molar-refractivity contribution < 1.29 is 13.2 Å². The van der Waals surface area contributed by atoms with Crippen molar-refractivity contribution in [2.75, 3.05) is 23.3 Å². The van der Waals surface area contributed by atoms with Gasteiger partial charge in [-0.15, -0.1) is 10.2 Å². The van der Waals surface area contributed by atoms with E-state index in [0.29, 0.717) is 51.5 Å². The van der Waals surface area contributed by atoms with Gasteiger partial charge in [-0.1, -0.05) is 11.6 Å². The van der Waals surface area contributed by atoms with Gasteiger partial charge in [0.15, 0.2) is 11.5 Å². The first-order chi connectivity index (χ1) is 20.8. The molecule has 0 radical (unpaired) electrons. The number of anilines is 2. The highest BCUT2D eigenvalue weighted by Gasteiger charge is 2.24. The predicted octanol–water partition coefficient (Wildman–Crippen LogP) is 5.16. The van der Waals surface area contributed by atoms with Crippen molar-refractivity contribution in [1.82, 2.24) is 29.6 Å². The quantitative estimate of drug-likeness (QED) is 0.191. The Bertz CT molecular complexity index is 1850. The number of amidine groups is 1. The summed E-state index contributed by atoms with van der Waals surface area (Å²) in [7, 11) is 0. The van der Waals surface area contributed by atoms with Gasteiger partial charge in [0.25, 0.3) is 0 Å². The predicted molar refractivity (Wildman–Crippen MR) is 155 cm³/mol. The number of piperidine rings is 1. The molecule has 15 heteroatoms. The smallest absolute Gasteiger partial charge is 0.333 e. The molecule has 0 bridgehead atoms. The maximum atomic E-state index is 13.9. The Hall–Kier alpha value is -5.16. The van der Waals surface area contributed by atoms with Crippen molar-refractivity contribution in [2.45, 2.75) is 25.4 Å². The molecule has 1 saturated heterocycles. The van der Waals surface area contributed by atoms with Crippen molar-refractivity contribution in [3.63, 3.8) is 0 Å². The highest BCUT2D eigenvalue weighted by molar-refractivity contribution is 6.33. The third-order valence-electron chi connectivity index (χ3n) is 7.13. The lowest BCUT2D eigenvalue weighted by Gasteiger charge is -2.33. The topological polar surface area (TPSA) is 138 Å². The first kappa shape index (κ1) is 28.0. The number of alkyl halides is 2. The zero-order valence-corrected chi connectivity index (χ0v) is 23.1. The Morgan fingerprint density at radius 3 is 2.58 bits per heavy atom. The fourth-order valence-corrected chi connectivity index (χ4v) is 5.09. The highest BCUT2D eigenvalue weighted by Crippen LogP contribution is 2.32. The van der Waals surface area contributed by atoms with Gasteiger partial charge in [0.1, 0.15) is 17.7 Å². The van der Waals surface area contributed by atoms with Crippen LogP contribution in [0, 0.1) is 17.1 Å². The molecule has 6 rings (SSSR count). The van der Waals surface area contributed by atoms with Crippen LogP contribution in [0.5, 0.6) is 0 Å². The Kier molecular flexibility index (Phi) is 7.56. The van der Waals surface area contributed by atoms with Crippen LogP contribution in [0.4, 0.5) is 30.4 Å². The molecule has 1 aromatic carbocycles. The van der Waals surface area contributed by atoms with Crippen molar-refractivity contribution >= 4 is 40.1 Å². The van der Waals surface area contributed by atoms with Gasteiger partial charge in [0, 0.05) is 48.7 Å². The molecule has 11 nitrogen and oxygen atoms in total. The summed E-state index contributed by atoms with van der Waals surface area (Å²) >= 11 is 6.24. The fourth-order valence-electron chi connectivity index (χ4n) is 4.93. The lowest BCUT2D eigenvalue weighted by Crippen LogP contribution is -2.40. The number of aromatic nitrogens is 6. The molecule has 4 aromatic heterocycles. The van der Waals surface area contributed by atoms with Crippen molar-refractivity contribution in [1.29, 1.82) is 5.26 Å². The van der Waals surface area contributed by atoms with E-state index in [1.165, 1.54) is 36.8 Å². The summed E-state index contributed by atoms with van der Waals surface area (Å²) in [6.07, 6.45) is 7.33. The molecule has 0 amide bonds. The molecule has 3 N–H and O–H groups in total. The van der Waals surface area contributed by atoms with Crippen molar-refractivity contribution in [3.8, 4) is 17.2 Å². The van der Waals surface area contributed by atoms with Crippen LogP contribution in [0.2, 0.25) is 5.02 Å². The monoisotopic (exact) mass is 605 g/mol. The second kappa shape index (κ2) is 11.6. The van der Waals surface area contributed by atoms with Gasteiger partial charge in [-0.2, -0.15) is 24.2 Å². The van der Waals surface area contributed by atoms with Crippen LogP contribution in [-0.2, 0) is 0 Å². The summed E-state index contributed by atoms with van der Waals surface area (Å²) in [6, 6.07) is 11.0. The van der Waals surface area contributed by atoms with Gasteiger partial charge in [-0.05, 0) is 43.2 Å². The molecule has 218 valence electrons. The van der Waals surface area contributed by atoms with Crippen LogP contribution in [0.1, 0.15) is 30.6 Å². The van der Waals surface area contributed by atoms with Crippen LogP contribution < -0.4 is 16.0 Å². The van der Waals surface area contributed by atoms with Gasteiger partial charge in [0.05, 0.1) is 39.9 Å². The van der Waals surface area contributed by atoms with E-state index in [2.05, 4.69) is 35.6 Å². The number of benzene rings is 1. The second-order valence-electron chi connectivity index (χ2n) is 9.87. The summed E-state index contributed by atoms with van der Waals surface area (Å²) < 4.78 is 42.4. The van der Waals surface area contributed by atoms with Crippen LogP contribution in [0.25, 0.3) is 16.6 Å². The molecule has 0 atom stereocenters. The number of halogens is 4. The van der Waals surface area contributed by atoms with Crippen LogP contribution in [0.3, 0.4) is 0 Å². The Balaban J connectivity index is 1.34. The molecule has 5 aromatic rings. The molecular weight excluding hydrogens is 583 g/mol. The van der Waals surface area contributed by atoms with Gasteiger partial charge in [-0.3, -0.25) is 0 Å². The maximum absolute atomic E-state index is 13.9. The lowest BCUT2D eigenvalue weighted by atomic mass is 10.0. The number of hydrogen-bond donors (Lipinski definition) is 2. The number of nitrogens with two attached hydrogens (primary N) is 1. The van der Waals surface area contributed by atoms with E-state index < -0.39 is 12.4 Å². The molecule has 0 spiro atoms. The summed E-state index contributed by atoms with van der Waals surface area (Å²) in [5.74, 6) is 0.235. The van der Waals surface area contributed by atoms with Gasteiger partial charge in [-0.25, -0.2) is 18.6 Å². The number of nitrogens with zero attached hydrogens (tertiary/aromatic N) is 9. The maximum Gasteiger partial charge on any atom is 0.333 e. The average Bonchev–Trinajstić information content (AvgIpc) is 3.68. The number of rotatable bonds is 7. The minimum Gasteiger partial charge on any atom is -0.383 e. The normalized spacial score (nSPS) is 14.4. The summed E-state index contributed by atoms with van der Waals surface area (Å²) in [5, 5.41) is 29.1. The highest BCUT2D eigenvalue weighted by atomic mass is 35.5. The number of nitrogens with one attached hydrogen (secondary N) is 1. The molecule has 1 aliphatic rings. The molecule has 0 aliphatic carbocycles. The largest absolute Gasteiger partial charge is 0.383 e. The Morgan fingerprint density at radius 1 is 1.07 bits per heavy atom. The third-order valence-corrected chi connectivity index (χ3v) is 7.45. The number of nitriles is 1. The first-order valence-electron chi connectivity index (χ1n) is 13.2. The van der Waals surface area contributed by atoms with Crippen LogP contribution in [-0.4, -0.2) is 54.6 Å². The van der Waals surface area contributed by atoms with E-state index in [9.17, 15) is 13.2 Å². The van der Waals surface area contributed by atoms with E-state index in [4.69, 9.17) is 22.6 Å².